The molecule has 0 saturated carbocycles. The number of alkyl halides is 2. The lowest BCUT2D eigenvalue weighted by Crippen LogP contribution is -2.45. The summed E-state index contributed by atoms with van der Waals surface area (Å²) in [4.78, 5) is 0. The van der Waals surface area contributed by atoms with Crippen molar-refractivity contribution < 1.29 is 37.3 Å². The van der Waals surface area contributed by atoms with Crippen molar-refractivity contribution in [3.05, 3.63) is 0 Å². The van der Waals surface area contributed by atoms with E-state index in [1.165, 1.54) is 0 Å². The van der Waals surface area contributed by atoms with Gasteiger partial charge in [0.15, 0.2) is 19.5 Å². The Bertz CT molecular complexity index is 364. The highest BCUT2D eigenvalue weighted by Crippen LogP contribution is 2.17. The molecule has 0 saturated heterocycles. The first-order valence-corrected chi connectivity index (χ1v) is 15.1. The lowest BCUT2D eigenvalue weighted by Gasteiger charge is -2.32. The van der Waals surface area contributed by atoms with Crippen LogP contribution in [0.2, 0.25) is 12.1 Å². The number of methoxy groups -OCH3 is 3. The van der Waals surface area contributed by atoms with Crippen LogP contribution in [0.1, 0.15) is 33.6 Å². The largest absolute Gasteiger partial charge is 0.376 e. The quantitative estimate of drug-likeness (QED) is 0.0977. The molecule has 0 N–H and O–H groups in total. The number of halogens is 2. The second-order valence-electron chi connectivity index (χ2n) is 6.20. The molecule has 0 heterocycles. The summed E-state index contributed by atoms with van der Waals surface area (Å²) in [6, 6.07) is 2.04. The van der Waals surface area contributed by atoms with Gasteiger partial charge in [0, 0.05) is 52.9 Å². The van der Waals surface area contributed by atoms with Crippen LogP contribution in [0, 0.1) is 0 Å². The Balaban J connectivity index is 0. The van der Waals surface area contributed by atoms with E-state index in [1.54, 1.807) is 21.3 Å². The van der Waals surface area contributed by atoms with Gasteiger partial charge in [-0.25, -0.2) is 0 Å². The van der Waals surface area contributed by atoms with Crippen molar-refractivity contribution >= 4 is 42.7 Å². The Morgan fingerprint density at radius 3 is 1.52 bits per heavy atom. The Hall–Kier alpha value is 0.694. The van der Waals surface area contributed by atoms with E-state index in [9.17, 15) is 0 Å². The number of hydrogen-bond donors (Lipinski definition) is 0. The molecule has 0 amide bonds. The first-order valence-electron chi connectivity index (χ1n) is 10.8. The van der Waals surface area contributed by atoms with Crippen LogP contribution < -0.4 is 0 Å². The lowest BCUT2D eigenvalue weighted by atomic mass is 10.5. The fourth-order valence-electron chi connectivity index (χ4n) is 2.30. The van der Waals surface area contributed by atoms with E-state index < -0.39 is 31.5 Å². The fourth-order valence-corrected chi connectivity index (χ4v) is 5.70. The molecule has 8 nitrogen and oxygen atoms in total. The average Bonchev–Trinajstić information content (AvgIpc) is 2.78. The van der Waals surface area contributed by atoms with Gasteiger partial charge in [0.2, 0.25) is 0 Å². The zero-order valence-corrected chi connectivity index (χ0v) is 24.6. The topological polar surface area (TPSA) is 73.8 Å². The predicted molar refractivity (Wildman–Crippen MR) is 131 cm³/mol. The molecule has 0 radical (unpaired) electrons. The van der Waals surface area contributed by atoms with Crippen LogP contribution in [-0.2, 0) is 37.3 Å². The SMILES string of the molecule is CCOCC(OCC)(OCC)O[SiH2]CCCCl.COCC(OC)(OC)O[SiH2]CCCCl. The lowest BCUT2D eigenvalue weighted by molar-refractivity contribution is -0.358. The van der Waals surface area contributed by atoms with Crippen molar-refractivity contribution in [2.75, 3.05) is 66.1 Å². The van der Waals surface area contributed by atoms with Gasteiger partial charge in [-0.15, -0.1) is 23.2 Å². The summed E-state index contributed by atoms with van der Waals surface area (Å²) in [5.74, 6) is -0.670. The highest BCUT2D eigenvalue weighted by molar-refractivity contribution is 6.28. The van der Waals surface area contributed by atoms with Crippen molar-refractivity contribution in [2.24, 2.45) is 0 Å². The van der Waals surface area contributed by atoms with E-state index in [0.29, 0.717) is 38.2 Å². The van der Waals surface area contributed by atoms with Gasteiger partial charge >= 0.3 is 0 Å². The van der Waals surface area contributed by atoms with E-state index in [0.717, 1.165) is 24.9 Å². The summed E-state index contributed by atoms with van der Waals surface area (Å²) in [6.45, 7) is 8.07. The highest BCUT2D eigenvalue weighted by Gasteiger charge is 2.33. The van der Waals surface area contributed by atoms with E-state index in [4.69, 9.17) is 60.5 Å². The first kappa shape index (κ1) is 33.9. The molecule has 0 fully saturated rings. The normalized spacial score (nSPS) is 12.8. The summed E-state index contributed by atoms with van der Waals surface area (Å²) in [6.07, 6.45) is 1.96. The molecule has 0 rings (SSSR count). The maximum atomic E-state index is 5.83. The molecule has 0 aromatic carbocycles. The Morgan fingerprint density at radius 2 is 1.16 bits per heavy atom. The van der Waals surface area contributed by atoms with Crippen LogP contribution in [0.4, 0.5) is 0 Å². The van der Waals surface area contributed by atoms with E-state index in [1.807, 2.05) is 20.8 Å². The van der Waals surface area contributed by atoms with Gasteiger partial charge < -0.3 is 37.3 Å². The third-order valence-electron chi connectivity index (χ3n) is 3.85. The van der Waals surface area contributed by atoms with Gasteiger partial charge in [0.05, 0.1) is 0 Å². The molecule has 0 aliphatic rings. The molecule has 0 unspecified atom stereocenters. The molecule has 0 aliphatic heterocycles. The summed E-state index contributed by atoms with van der Waals surface area (Å²) in [5, 5.41) is 0. The molecule has 0 aromatic rings. The van der Waals surface area contributed by atoms with Crippen molar-refractivity contribution in [3.63, 3.8) is 0 Å². The van der Waals surface area contributed by atoms with Crippen LogP contribution in [0.5, 0.6) is 0 Å². The number of hydrogen-bond acceptors (Lipinski definition) is 8. The Morgan fingerprint density at radius 1 is 0.677 bits per heavy atom. The minimum atomic E-state index is -1.02. The number of rotatable bonds is 21. The first-order chi connectivity index (χ1) is 15.0. The monoisotopic (exact) mass is 526 g/mol. The van der Waals surface area contributed by atoms with Gasteiger partial charge in [0.25, 0.3) is 11.9 Å². The maximum Gasteiger partial charge on any atom is 0.297 e. The second-order valence-corrected chi connectivity index (χ2v) is 9.76. The number of ether oxygens (including phenoxy) is 6. The minimum absolute atomic E-state index is 0.272. The highest BCUT2D eigenvalue weighted by atomic mass is 35.5. The summed E-state index contributed by atoms with van der Waals surface area (Å²) in [5.41, 5.74) is 0. The van der Waals surface area contributed by atoms with Crippen molar-refractivity contribution in [2.45, 2.75) is 57.6 Å². The van der Waals surface area contributed by atoms with Crippen LogP contribution in [-0.4, -0.2) is 97.6 Å². The standard InChI is InChI=1S/C11H25ClO4Si.C8H19ClO4Si/c1-4-13-10-11(14-5-2,15-6-3)16-17-9-7-8-12;1-10-7-8(11-2,12-3)13-14-6-4-5-9/h4-10,17H2,1-3H3;4-7,14H2,1-3H3. The van der Waals surface area contributed by atoms with Gasteiger partial charge in [-0.1, -0.05) is 0 Å². The van der Waals surface area contributed by atoms with Crippen LogP contribution >= 0.6 is 23.2 Å². The minimum Gasteiger partial charge on any atom is -0.376 e. The van der Waals surface area contributed by atoms with E-state index >= 15 is 0 Å². The van der Waals surface area contributed by atoms with E-state index in [2.05, 4.69) is 0 Å². The van der Waals surface area contributed by atoms with Gasteiger partial charge in [-0.2, -0.15) is 0 Å². The molecule has 190 valence electrons. The Kier molecular flexibility index (Phi) is 26.0. The summed E-state index contributed by atoms with van der Waals surface area (Å²) < 4.78 is 43.2. The van der Waals surface area contributed by atoms with Crippen LogP contribution in [0.15, 0.2) is 0 Å². The smallest absolute Gasteiger partial charge is 0.297 e. The second kappa shape index (κ2) is 23.8. The van der Waals surface area contributed by atoms with Gasteiger partial charge in [0.1, 0.15) is 13.2 Å². The molecule has 0 aromatic heterocycles. The zero-order chi connectivity index (χ0) is 23.8. The zero-order valence-electron chi connectivity index (χ0n) is 20.2. The van der Waals surface area contributed by atoms with Crippen molar-refractivity contribution in [1.82, 2.24) is 0 Å². The third-order valence-corrected chi connectivity index (χ3v) is 7.25. The van der Waals surface area contributed by atoms with Crippen LogP contribution in [0.3, 0.4) is 0 Å². The summed E-state index contributed by atoms with van der Waals surface area (Å²) >= 11 is 11.2. The third kappa shape index (κ3) is 17.8. The molecule has 0 bridgehead atoms. The molecular formula is C19H44Cl2O8Si2. The Labute approximate surface area is 203 Å². The van der Waals surface area contributed by atoms with Crippen molar-refractivity contribution in [1.29, 1.82) is 0 Å². The molecule has 0 spiro atoms. The summed E-state index contributed by atoms with van der Waals surface area (Å²) in [7, 11) is 3.31. The molecule has 12 heteroatoms. The molecule has 31 heavy (non-hydrogen) atoms. The van der Waals surface area contributed by atoms with Gasteiger partial charge in [-0.3, -0.25) is 0 Å². The average molecular weight is 528 g/mol. The van der Waals surface area contributed by atoms with Crippen LogP contribution in [0.25, 0.3) is 0 Å². The predicted octanol–water partition coefficient (Wildman–Crippen LogP) is 2.62. The molecule has 0 atom stereocenters. The van der Waals surface area contributed by atoms with Gasteiger partial charge in [-0.05, 0) is 45.7 Å². The molecule has 0 aliphatic carbocycles. The molecular weight excluding hydrogens is 483 g/mol. The van der Waals surface area contributed by atoms with Crippen molar-refractivity contribution in [3.8, 4) is 0 Å². The van der Waals surface area contributed by atoms with E-state index in [-0.39, 0.29) is 6.61 Å². The maximum absolute atomic E-state index is 5.83. The fraction of sp³-hybridized carbons (Fsp3) is 1.00.